The molecule has 154 valence electrons. The molecular formula is C23H26O6. The summed E-state index contributed by atoms with van der Waals surface area (Å²) < 4.78 is 17.4. The van der Waals surface area contributed by atoms with Gasteiger partial charge in [0.1, 0.15) is 18.0 Å². The van der Waals surface area contributed by atoms with E-state index in [0.717, 1.165) is 34.4 Å². The second-order valence-corrected chi connectivity index (χ2v) is 7.62. The molecule has 1 spiro atoms. The summed E-state index contributed by atoms with van der Waals surface area (Å²) >= 11 is 0. The van der Waals surface area contributed by atoms with Crippen LogP contribution >= 0.6 is 0 Å². The number of hydrogen-bond acceptors (Lipinski definition) is 6. The van der Waals surface area contributed by atoms with Crippen molar-refractivity contribution in [2.24, 2.45) is 0 Å². The predicted octanol–water partition coefficient (Wildman–Crippen LogP) is 2.24. The van der Waals surface area contributed by atoms with Crippen LogP contribution in [-0.4, -0.2) is 41.9 Å². The fraction of sp³-hybridized carbons (Fsp3) is 0.435. The van der Waals surface area contributed by atoms with Gasteiger partial charge in [0.15, 0.2) is 11.6 Å². The van der Waals surface area contributed by atoms with E-state index >= 15 is 0 Å². The molecule has 0 amide bonds. The first-order valence-electron chi connectivity index (χ1n) is 9.92. The maximum Gasteiger partial charge on any atom is 0.199 e. The minimum absolute atomic E-state index is 0.00625. The van der Waals surface area contributed by atoms with E-state index in [0.29, 0.717) is 6.42 Å². The number of rotatable bonds is 5. The van der Waals surface area contributed by atoms with Gasteiger partial charge in [0.2, 0.25) is 0 Å². The highest BCUT2D eigenvalue weighted by Gasteiger charge is 2.51. The Hall–Kier alpha value is -2.25. The summed E-state index contributed by atoms with van der Waals surface area (Å²) in [6.07, 6.45) is -0.670. The molecule has 2 aromatic carbocycles. The van der Waals surface area contributed by atoms with Crippen LogP contribution in [0.15, 0.2) is 36.4 Å². The van der Waals surface area contributed by atoms with Gasteiger partial charge in [-0.15, -0.1) is 0 Å². The van der Waals surface area contributed by atoms with Gasteiger partial charge in [-0.1, -0.05) is 31.2 Å². The first-order valence-corrected chi connectivity index (χ1v) is 9.92. The van der Waals surface area contributed by atoms with Crippen molar-refractivity contribution < 1.29 is 29.2 Å². The lowest BCUT2D eigenvalue weighted by Crippen LogP contribution is -2.51. The molecule has 4 rings (SSSR count). The number of aliphatic hydroxyl groups excluding tert-OH is 2. The largest absolute Gasteiger partial charge is 0.496 e. The Morgan fingerprint density at radius 2 is 1.93 bits per heavy atom. The third kappa shape index (κ3) is 3.57. The SMILES string of the molecule is CCc1ccc(Cc2cc3c(cc2OC)COC32CC(O)C(=O)[C@@H](CO)O2)cc1. The standard InChI is InChI=1S/C23H26O6/c1-3-14-4-6-15(7-5-14)8-16-9-18-17(10-20(16)27-2)13-28-23(18)11-19(25)22(26)21(12-24)29-23/h4-7,9-10,19,21,24-25H,3,8,11-13H2,1-2H3/t19?,21-,23?/m1/s1. The van der Waals surface area contributed by atoms with E-state index < -0.39 is 30.4 Å². The van der Waals surface area contributed by atoms with Gasteiger partial charge in [0, 0.05) is 18.4 Å². The van der Waals surface area contributed by atoms with E-state index in [2.05, 4.69) is 31.2 Å². The first-order chi connectivity index (χ1) is 14.0. The molecule has 6 nitrogen and oxygen atoms in total. The van der Waals surface area contributed by atoms with Gasteiger partial charge in [-0.05, 0) is 40.8 Å². The highest BCUT2D eigenvalue weighted by molar-refractivity contribution is 5.88. The van der Waals surface area contributed by atoms with Crippen molar-refractivity contribution in [1.82, 2.24) is 0 Å². The molecule has 0 radical (unpaired) electrons. The maximum atomic E-state index is 12.1. The summed E-state index contributed by atoms with van der Waals surface area (Å²) in [7, 11) is 1.64. The molecule has 0 saturated carbocycles. The van der Waals surface area contributed by atoms with E-state index in [9.17, 15) is 15.0 Å². The van der Waals surface area contributed by atoms with E-state index in [1.807, 2.05) is 12.1 Å². The topological polar surface area (TPSA) is 85.2 Å². The van der Waals surface area contributed by atoms with Gasteiger partial charge in [0.05, 0.1) is 20.3 Å². The molecular weight excluding hydrogens is 372 g/mol. The zero-order chi connectivity index (χ0) is 20.6. The van der Waals surface area contributed by atoms with E-state index in [1.165, 1.54) is 5.56 Å². The maximum absolute atomic E-state index is 12.1. The Morgan fingerprint density at radius 3 is 2.59 bits per heavy atom. The smallest absolute Gasteiger partial charge is 0.199 e. The van der Waals surface area contributed by atoms with Crippen LogP contribution in [0.2, 0.25) is 0 Å². The molecule has 1 fully saturated rings. The number of ketones is 1. The quantitative estimate of drug-likeness (QED) is 0.804. The second-order valence-electron chi connectivity index (χ2n) is 7.62. The minimum Gasteiger partial charge on any atom is -0.496 e. The Balaban J connectivity index is 1.70. The van der Waals surface area contributed by atoms with Gasteiger partial charge < -0.3 is 24.4 Å². The molecule has 1 saturated heterocycles. The number of fused-ring (bicyclic) bond motifs is 2. The lowest BCUT2D eigenvalue weighted by Gasteiger charge is -2.39. The van der Waals surface area contributed by atoms with Crippen LogP contribution in [0.1, 0.15) is 41.2 Å². The fourth-order valence-electron chi connectivity index (χ4n) is 4.15. The summed E-state index contributed by atoms with van der Waals surface area (Å²) in [4.78, 5) is 12.1. The number of carbonyl (C=O) groups is 1. The minimum atomic E-state index is -1.24. The summed E-state index contributed by atoms with van der Waals surface area (Å²) in [6.45, 7) is 1.92. The molecule has 2 aromatic rings. The number of aryl methyl sites for hydroxylation is 1. The lowest BCUT2D eigenvalue weighted by atomic mass is 9.89. The third-order valence-corrected chi connectivity index (χ3v) is 5.81. The molecule has 3 atom stereocenters. The van der Waals surface area contributed by atoms with Gasteiger partial charge in [-0.2, -0.15) is 0 Å². The molecule has 0 aromatic heterocycles. The first kappa shape index (κ1) is 20.0. The number of aliphatic hydroxyl groups is 2. The highest BCUT2D eigenvalue weighted by atomic mass is 16.7. The number of Topliss-reactive ketones (excluding diaryl/α,β-unsaturated/α-hetero) is 1. The van der Waals surface area contributed by atoms with E-state index in [-0.39, 0.29) is 13.0 Å². The lowest BCUT2D eigenvalue weighted by molar-refractivity contribution is -0.288. The normalized spacial score (nSPS) is 26.0. The molecule has 0 bridgehead atoms. The van der Waals surface area contributed by atoms with Crippen LogP contribution in [-0.2, 0) is 39.5 Å². The van der Waals surface area contributed by atoms with Gasteiger partial charge in [0.25, 0.3) is 0 Å². The fourth-order valence-corrected chi connectivity index (χ4v) is 4.15. The van der Waals surface area contributed by atoms with Crippen LogP contribution < -0.4 is 4.74 Å². The van der Waals surface area contributed by atoms with Crippen molar-refractivity contribution in [3.8, 4) is 5.75 Å². The molecule has 2 unspecified atom stereocenters. The molecule has 0 aliphatic carbocycles. The Labute approximate surface area is 170 Å². The van der Waals surface area contributed by atoms with Gasteiger partial charge in [-0.25, -0.2) is 0 Å². The molecule has 2 aliphatic heterocycles. The van der Waals surface area contributed by atoms with Crippen molar-refractivity contribution in [3.63, 3.8) is 0 Å². The summed E-state index contributed by atoms with van der Waals surface area (Å²) in [5, 5.41) is 19.8. The van der Waals surface area contributed by atoms with Crippen LogP contribution in [0.3, 0.4) is 0 Å². The molecule has 2 aliphatic rings. The van der Waals surface area contributed by atoms with Crippen molar-refractivity contribution in [1.29, 1.82) is 0 Å². The summed E-state index contributed by atoms with van der Waals surface area (Å²) in [5.74, 6) is -0.988. The van der Waals surface area contributed by atoms with Crippen LogP contribution in [0.4, 0.5) is 0 Å². The van der Waals surface area contributed by atoms with Gasteiger partial charge >= 0.3 is 0 Å². The molecule has 2 N–H and O–H groups in total. The van der Waals surface area contributed by atoms with Crippen LogP contribution in [0.25, 0.3) is 0 Å². The number of benzene rings is 2. The zero-order valence-corrected chi connectivity index (χ0v) is 16.7. The van der Waals surface area contributed by atoms with Crippen molar-refractivity contribution in [2.45, 2.75) is 50.8 Å². The van der Waals surface area contributed by atoms with Crippen LogP contribution in [0.5, 0.6) is 5.75 Å². The molecule has 6 heteroatoms. The van der Waals surface area contributed by atoms with E-state index in [4.69, 9.17) is 14.2 Å². The number of methoxy groups -OCH3 is 1. The average Bonchev–Trinajstić information content (AvgIpc) is 3.07. The van der Waals surface area contributed by atoms with Crippen molar-refractivity contribution in [3.05, 3.63) is 64.2 Å². The zero-order valence-electron chi connectivity index (χ0n) is 16.7. The predicted molar refractivity (Wildman–Crippen MR) is 106 cm³/mol. The number of hydrogen-bond donors (Lipinski definition) is 2. The van der Waals surface area contributed by atoms with E-state index in [1.54, 1.807) is 7.11 Å². The molecule has 2 heterocycles. The molecule has 29 heavy (non-hydrogen) atoms. The average molecular weight is 398 g/mol. The second kappa shape index (κ2) is 7.88. The third-order valence-electron chi connectivity index (χ3n) is 5.81. The number of ether oxygens (including phenoxy) is 3. The summed E-state index contributed by atoms with van der Waals surface area (Å²) in [5.41, 5.74) is 5.08. The monoisotopic (exact) mass is 398 g/mol. The number of carbonyl (C=O) groups excluding carboxylic acids is 1. The summed E-state index contributed by atoms with van der Waals surface area (Å²) in [6, 6.07) is 12.4. The Morgan fingerprint density at radius 1 is 1.21 bits per heavy atom. The Kier molecular flexibility index (Phi) is 5.44. The van der Waals surface area contributed by atoms with Crippen LogP contribution in [0, 0.1) is 0 Å². The van der Waals surface area contributed by atoms with Crippen molar-refractivity contribution >= 4 is 5.78 Å². The highest BCUT2D eigenvalue weighted by Crippen LogP contribution is 2.46. The van der Waals surface area contributed by atoms with Gasteiger partial charge in [-0.3, -0.25) is 4.79 Å². The van der Waals surface area contributed by atoms with Crippen molar-refractivity contribution in [2.75, 3.05) is 13.7 Å². The Bertz CT molecular complexity index is 906.